The van der Waals surface area contributed by atoms with Gasteiger partial charge in [-0.3, -0.25) is 0 Å². The summed E-state index contributed by atoms with van der Waals surface area (Å²) in [5.41, 5.74) is 2.60. The molecule has 0 atom stereocenters. The fourth-order valence-corrected chi connectivity index (χ4v) is 4.14. The predicted molar refractivity (Wildman–Crippen MR) is 109 cm³/mol. The van der Waals surface area contributed by atoms with E-state index >= 15 is 0 Å². The van der Waals surface area contributed by atoms with Crippen molar-refractivity contribution in [3.63, 3.8) is 0 Å². The number of fused-ring (bicyclic) bond motifs is 1. The van der Waals surface area contributed by atoms with Gasteiger partial charge in [-0.15, -0.1) is 11.3 Å². The normalized spacial score (nSPS) is 11.1. The molecule has 0 aliphatic carbocycles. The maximum atomic E-state index is 12.5. The molecular weight excluding hydrogens is 403 g/mol. The van der Waals surface area contributed by atoms with Crippen LogP contribution in [-0.4, -0.2) is 15.7 Å². The Morgan fingerprint density at radius 3 is 2.63 bits per heavy atom. The molecule has 0 radical (unpaired) electrons. The van der Waals surface area contributed by atoms with Crippen LogP contribution in [0.15, 0.2) is 54.6 Å². The molecule has 0 N–H and O–H groups in total. The van der Waals surface area contributed by atoms with E-state index in [2.05, 4.69) is 5.10 Å². The first-order valence-corrected chi connectivity index (χ1v) is 9.76. The number of para-hydroxylation sites is 1. The summed E-state index contributed by atoms with van der Waals surface area (Å²) >= 11 is 13.3. The van der Waals surface area contributed by atoms with Gasteiger partial charge in [-0.1, -0.05) is 47.5 Å². The molecular formula is C20H14Cl2N2O2S. The van der Waals surface area contributed by atoms with Crippen LogP contribution < -0.4 is 0 Å². The molecule has 2 aromatic heterocycles. The van der Waals surface area contributed by atoms with E-state index < -0.39 is 0 Å². The van der Waals surface area contributed by atoms with Crippen LogP contribution in [0.3, 0.4) is 0 Å². The van der Waals surface area contributed by atoms with Crippen molar-refractivity contribution >= 4 is 50.7 Å². The zero-order valence-corrected chi connectivity index (χ0v) is 16.6. The van der Waals surface area contributed by atoms with Crippen LogP contribution in [0, 0.1) is 6.92 Å². The van der Waals surface area contributed by atoms with E-state index in [1.54, 1.807) is 18.2 Å². The molecule has 2 aromatic carbocycles. The second kappa shape index (κ2) is 7.35. The molecule has 0 unspecified atom stereocenters. The smallest absolute Gasteiger partial charge is 0.348 e. The fourth-order valence-electron chi connectivity index (χ4n) is 2.74. The quantitative estimate of drug-likeness (QED) is 0.379. The summed E-state index contributed by atoms with van der Waals surface area (Å²) in [6, 6.07) is 16.8. The maximum Gasteiger partial charge on any atom is 0.348 e. The van der Waals surface area contributed by atoms with Gasteiger partial charge in [0.15, 0.2) is 0 Å². The predicted octanol–water partition coefficient (Wildman–Crippen LogP) is 6.06. The number of hydrogen-bond acceptors (Lipinski definition) is 4. The number of carbonyl (C=O) groups excluding carboxylic acids is 1. The number of benzene rings is 2. The minimum absolute atomic E-state index is 0.133. The van der Waals surface area contributed by atoms with Gasteiger partial charge in [0.25, 0.3) is 0 Å². The van der Waals surface area contributed by atoms with Crippen LogP contribution in [0.4, 0.5) is 0 Å². The van der Waals surface area contributed by atoms with E-state index in [4.69, 9.17) is 27.9 Å². The van der Waals surface area contributed by atoms with Crippen molar-refractivity contribution in [3.8, 4) is 5.69 Å². The fraction of sp³-hybridized carbons (Fsp3) is 0.100. The first-order valence-electron chi connectivity index (χ1n) is 8.18. The van der Waals surface area contributed by atoms with Gasteiger partial charge < -0.3 is 4.74 Å². The Balaban J connectivity index is 1.58. The van der Waals surface area contributed by atoms with Crippen LogP contribution in [0.1, 0.15) is 20.9 Å². The van der Waals surface area contributed by atoms with Crippen molar-refractivity contribution in [2.24, 2.45) is 0 Å². The number of nitrogens with zero attached hydrogens (tertiary/aromatic N) is 2. The Morgan fingerprint density at radius 2 is 1.89 bits per heavy atom. The molecule has 0 aliphatic rings. The van der Waals surface area contributed by atoms with E-state index in [0.717, 1.165) is 27.2 Å². The molecule has 27 heavy (non-hydrogen) atoms. The van der Waals surface area contributed by atoms with Crippen LogP contribution in [-0.2, 0) is 11.3 Å². The zero-order chi connectivity index (χ0) is 19.0. The van der Waals surface area contributed by atoms with Crippen LogP contribution in [0.5, 0.6) is 0 Å². The summed E-state index contributed by atoms with van der Waals surface area (Å²) in [6.45, 7) is 2.06. The molecule has 0 spiro atoms. The molecule has 7 heteroatoms. The molecule has 0 bridgehead atoms. The maximum absolute atomic E-state index is 12.5. The summed E-state index contributed by atoms with van der Waals surface area (Å²) in [6.07, 6.45) is 0. The van der Waals surface area contributed by atoms with Crippen molar-refractivity contribution in [1.82, 2.24) is 9.78 Å². The molecule has 4 nitrogen and oxygen atoms in total. The van der Waals surface area contributed by atoms with E-state index in [9.17, 15) is 4.79 Å². The van der Waals surface area contributed by atoms with E-state index in [0.29, 0.717) is 14.9 Å². The van der Waals surface area contributed by atoms with Gasteiger partial charge in [0.05, 0.1) is 21.4 Å². The summed E-state index contributed by atoms with van der Waals surface area (Å²) in [4.78, 5) is 14.0. The third-order valence-electron chi connectivity index (χ3n) is 4.10. The number of carbonyl (C=O) groups is 1. The zero-order valence-electron chi connectivity index (χ0n) is 14.3. The molecule has 0 aliphatic heterocycles. The lowest BCUT2D eigenvalue weighted by molar-refractivity contribution is 0.0478. The number of rotatable bonds is 4. The summed E-state index contributed by atoms with van der Waals surface area (Å²) in [5, 5.41) is 6.43. The van der Waals surface area contributed by atoms with Gasteiger partial charge >= 0.3 is 5.97 Å². The minimum Gasteiger partial charge on any atom is -0.457 e. The van der Waals surface area contributed by atoms with Gasteiger partial charge in [0.1, 0.15) is 16.3 Å². The number of esters is 1. The van der Waals surface area contributed by atoms with E-state index in [1.807, 2.05) is 48.0 Å². The van der Waals surface area contributed by atoms with Crippen molar-refractivity contribution in [1.29, 1.82) is 0 Å². The lowest BCUT2D eigenvalue weighted by atomic mass is 10.2. The highest BCUT2D eigenvalue weighted by atomic mass is 35.5. The lowest BCUT2D eigenvalue weighted by Gasteiger charge is -2.05. The van der Waals surface area contributed by atoms with E-state index in [1.165, 1.54) is 11.3 Å². The number of aryl methyl sites for hydroxylation is 1. The second-order valence-corrected chi connectivity index (χ2v) is 7.83. The van der Waals surface area contributed by atoms with Gasteiger partial charge in [-0.2, -0.15) is 5.10 Å². The molecule has 4 aromatic rings. The lowest BCUT2D eigenvalue weighted by Crippen LogP contribution is -2.03. The van der Waals surface area contributed by atoms with Crippen molar-refractivity contribution in [2.75, 3.05) is 0 Å². The molecule has 2 heterocycles. The van der Waals surface area contributed by atoms with Gasteiger partial charge in [0, 0.05) is 5.39 Å². The second-order valence-electron chi connectivity index (χ2n) is 5.99. The molecule has 0 saturated heterocycles. The van der Waals surface area contributed by atoms with Gasteiger partial charge in [-0.25, -0.2) is 9.48 Å². The Morgan fingerprint density at radius 1 is 1.11 bits per heavy atom. The standard InChI is InChI=1S/C20H14Cl2N2O2S/c1-12-15-10-18(20(25)26-11-13-7-8-16(21)17(22)9-13)27-19(15)24(23-12)14-5-3-2-4-6-14/h2-10H,11H2,1H3. The number of hydrogen-bond donors (Lipinski definition) is 0. The summed E-state index contributed by atoms with van der Waals surface area (Å²) in [7, 11) is 0. The number of thiophene rings is 1. The molecule has 0 fully saturated rings. The molecule has 4 rings (SSSR count). The minimum atomic E-state index is -0.374. The Kier molecular flexibility index (Phi) is 4.91. The monoisotopic (exact) mass is 416 g/mol. The average molecular weight is 417 g/mol. The number of aromatic nitrogens is 2. The Bertz CT molecular complexity index is 1140. The number of halogens is 2. The Hall–Kier alpha value is -2.34. The number of ether oxygens (including phenoxy) is 1. The third kappa shape index (κ3) is 3.58. The average Bonchev–Trinajstić information content (AvgIpc) is 3.24. The van der Waals surface area contributed by atoms with Crippen LogP contribution in [0.2, 0.25) is 10.0 Å². The first kappa shape index (κ1) is 18.0. The van der Waals surface area contributed by atoms with Gasteiger partial charge in [-0.05, 0) is 42.8 Å². The summed E-state index contributed by atoms with van der Waals surface area (Å²) < 4.78 is 7.29. The van der Waals surface area contributed by atoms with E-state index in [-0.39, 0.29) is 12.6 Å². The van der Waals surface area contributed by atoms with Crippen LogP contribution >= 0.6 is 34.5 Å². The van der Waals surface area contributed by atoms with Crippen molar-refractivity contribution in [3.05, 3.63) is 80.8 Å². The highest BCUT2D eigenvalue weighted by molar-refractivity contribution is 7.20. The SMILES string of the molecule is Cc1nn(-c2ccccc2)c2sc(C(=O)OCc3ccc(Cl)c(Cl)c3)cc12. The van der Waals surface area contributed by atoms with Gasteiger partial charge in [0.2, 0.25) is 0 Å². The Labute approximate surface area is 169 Å². The molecule has 0 amide bonds. The highest BCUT2D eigenvalue weighted by Crippen LogP contribution is 2.31. The first-order chi connectivity index (χ1) is 13.0. The van der Waals surface area contributed by atoms with Crippen LogP contribution in [0.25, 0.3) is 15.9 Å². The molecule has 0 saturated carbocycles. The topological polar surface area (TPSA) is 44.1 Å². The highest BCUT2D eigenvalue weighted by Gasteiger charge is 2.18. The van der Waals surface area contributed by atoms with Crippen molar-refractivity contribution < 1.29 is 9.53 Å². The largest absolute Gasteiger partial charge is 0.457 e. The third-order valence-corrected chi connectivity index (χ3v) is 5.93. The summed E-state index contributed by atoms with van der Waals surface area (Å²) in [5.74, 6) is -0.374. The molecule has 136 valence electrons. The van der Waals surface area contributed by atoms with Crippen molar-refractivity contribution in [2.45, 2.75) is 13.5 Å².